The number of ether oxygens (including phenoxy) is 1. The maximum absolute atomic E-state index is 12.1. The molecule has 118 valence electrons. The molecular formula is C16H19BrN2O3. The third kappa shape index (κ3) is 3.27. The fourth-order valence-electron chi connectivity index (χ4n) is 3.15. The van der Waals surface area contributed by atoms with Crippen molar-refractivity contribution in [2.45, 2.75) is 31.2 Å². The van der Waals surface area contributed by atoms with Crippen LogP contribution in [0.15, 0.2) is 28.7 Å². The number of nitrogens with two attached hydrogens (primary N) is 1. The van der Waals surface area contributed by atoms with Crippen LogP contribution in [-0.4, -0.2) is 36.1 Å². The first-order chi connectivity index (χ1) is 10.6. The summed E-state index contributed by atoms with van der Waals surface area (Å²) in [5.41, 5.74) is 6.48. The molecule has 1 aliphatic heterocycles. The number of carbonyl (C=O) groups excluding carboxylic acids is 2. The Morgan fingerprint density at radius 2 is 2.23 bits per heavy atom. The summed E-state index contributed by atoms with van der Waals surface area (Å²) in [6.45, 7) is 0.908. The minimum absolute atomic E-state index is 0.0577. The molecule has 0 unspecified atom stereocenters. The lowest BCUT2D eigenvalue weighted by Crippen LogP contribution is -2.42. The number of esters is 1. The Hall–Kier alpha value is -1.56. The molecule has 2 amide bonds. The number of carbonyl (C=O) groups is 2. The summed E-state index contributed by atoms with van der Waals surface area (Å²) in [5, 5.41) is 0. The number of nitrogens with zero attached hydrogens (tertiary/aromatic N) is 1. The first kappa shape index (κ1) is 15.3. The molecule has 3 atom stereocenters. The molecule has 5 nitrogen and oxygen atoms in total. The van der Waals surface area contributed by atoms with Crippen molar-refractivity contribution in [3.05, 3.63) is 34.3 Å². The van der Waals surface area contributed by atoms with Crippen molar-refractivity contribution in [2.24, 2.45) is 11.7 Å². The van der Waals surface area contributed by atoms with Crippen LogP contribution >= 0.6 is 15.9 Å². The maximum Gasteiger partial charge on any atom is 0.315 e. The fraction of sp³-hybridized carbons (Fsp3) is 0.500. The van der Waals surface area contributed by atoms with Gasteiger partial charge in [-0.05, 0) is 42.9 Å². The molecule has 1 aliphatic carbocycles. The van der Waals surface area contributed by atoms with Crippen LogP contribution in [-0.2, 0) is 9.53 Å². The van der Waals surface area contributed by atoms with Gasteiger partial charge in [-0.15, -0.1) is 0 Å². The van der Waals surface area contributed by atoms with Gasteiger partial charge in [0.1, 0.15) is 6.61 Å². The van der Waals surface area contributed by atoms with Gasteiger partial charge in [0, 0.05) is 11.0 Å². The molecule has 22 heavy (non-hydrogen) atoms. The van der Waals surface area contributed by atoms with Crippen molar-refractivity contribution < 1.29 is 14.3 Å². The quantitative estimate of drug-likeness (QED) is 0.832. The third-order valence-electron chi connectivity index (χ3n) is 4.45. The SMILES string of the molecule is NC(=O)N1CCC[C@@H]1COC(=O)[C@H]1C[C@@H]1c1cccc(Br)c1. The molecule has 1 saturated carbocycles. The number of amides is 2. The largest absolute Gasteiger partial charge is 0.463 e. The van der Waals surface area contributed by atoms with E-state index in [1.807, 2.05) is 24.3 Å². The number of urea groups is 1. The van der Waals surface area contributed by atoms with Gasteiger partial charge < -0.3 is 15.4 Å². The lowest BCUT2D eigenvalue weighted by Gasteiger charge is -2.22. The standard InChI is InChI=1S/C16H19BrN2O3/c17-11-4-1-3-10(7-11)13-8-14(13)15(20)22-9-12-5-2-6-19(12)16(18)21/h1,3-4,7,12-14H,2,5-6,8-9H2,(H2,18,21)/t12-,13-,14+/m1/s1. The second-order valence-electron chi connectivity index (χ2n) is 5.96. The van der Waals surface area contributed by atoms with Gasteiger partial charge in [-0.3, -0.25) is 4.79 Å². The van der Waals surface area contributed by atoms with Gasteiger partial charge in [0.05, 0.1) is 12.0 Å². The molecule has 1 heterocycles. The normalized spacial score (nSPS) is 26.8. The maximum atomic E-state index is 12.1. The van der Waals surface area contributed by atoms with Crippen LogP contribution < -0.4 is 5.73 Å². The van der Waals surface area contributed by atoms with Crippen molar-refractivity contribution in [1.82, 2.24) is 4.90 Å². The van der Waals surface area contributed by atoms with E-state index in [4.69, 9.17) is 10.5 Å². The van der Waals surface area contributed by atoms with Crippen LogP contribution in [0.2, 0.25) is 0 Å². The Balaban J connectivity index is 1.51. The first-order valence-corrected chi connectivity index (χ1v) is 8.33. The number of rotatable bonds is 4. The molecule has 0 aromatic heterocycles. The summed E-state index contributed by atoms with van der Waals surface area (Å²) >= 11 is 3.45. The van der Waals surface area contributed by atoms with E-state index in [0.29, 0.717) is 6.54 Å². The van der Waals surface area contributed by atoms with Crippen LogP contribution in [0.4, 0.5) is 4.79 Å². The van der Waals surface area contributed by atoms with Crippen molar-refractivity contribution in [1.29, 1.82) is 0 Å². The Labute approximate surface area is 137 Å². The molecular weight excluding hydrogens is 348 g/mol. The van der Waals surface area contributed by atoms with Gasteiger partial charge in [-0.2, -0.15) is 0 Å². The van der Waals surface area contributed by atoms with Gasteiger partial charge >= 0.3 is 12.0 Å². The highest BCUT2D eigenvalue weighted by molar-refractivity contribution is 9.10. The van der Waals surface area contributed by atoms with Crippen molar-refractivity contribution in [3.8, 4) is 0 Å². The molecule has 6 heteroatoms. The number of primary amides is 1. The van der Waals surface area contributed by atoms with Crippen LogP contribution in [0.5, 0.6) is 0 Å². The van der Waals surface area contributed by atoms with Gasteiger partial charge in [0.15, 0.2) is 0 Å². The zero-order chi connectivity index (χ0) is 15.7. The topological polar surface area (TPSA) is 72.6 Å². The van der Waals surface area contributed by atoms with E-state index in [-0.39, 0.29) is 30.5 Å². The van der Waals surface area contributed by atoms with E-state index < -0.39 is 6.03 Å². The molecule has 0 radical (unpaired) electrons. The highest BCUT2D eigenvalue weighted by Gasteiger charge is 2.45. The fourth-order valence-corrected chi connectivity index (χ4v) is 3.56. The molecule has 0 spiro atoms. The Morgan fingerprint density at radius 1 is 1.41 bits per heavy atom. The number of likely N-dealkylation sites (tertiary alicyclic amines) is 1. The number of halogens is 1. The van der Waals surface area contributed by atoms with Crippen LogP contribution in [0.25, 0.3) is 0 Å². The Morgan fingerprint density at radius 3 is 2.95 bits per heavy atom. The summed E-state index contributed by atoms with van der Waals surface area (Å²) in [7, 11) is 0. The molecule has 1 aromatic rings. The van der Waals surface area contributed by atoms with Gasteiger partial charge in [-0.1, -0.05) is 28.1 Å². The van der Waals surface area contributed by atoms with E-state index in [2.05, 4.69) is 15.9 Å². The van der Waals surface area contributed by atoms with Gasteiger partial charge in [-0.25, -0.2) is 4.79 Å². The second kappa shape index (κ2) is 6.28. The summed E-state index contributed by atoms with van der Waals surface area (Å²) in [6.07, 6.45) is 2.59. The second-order valence-corrected chi connectivity index (χ2v) is 6.88. The Kier molecular flexibility index (Phi) is 4.38. The monoisotopic (exact) mass is 366 g/mol. The molecule has 3 rings (SSSR count). The van der Waals surface area contributed by atoms with E-state index in [0.717, 1.165) is 29.3 Å². The molecule has 2 N–H and O–H groups in total. The van der Waals surface area contributed by atoms with E-state index in [1.165, 1.54) is 0 Å². The average Bonchev–Trinajstić information content (AvgIpc) is 3.15. The number of benzene rings is 1. The zero-order valence-corrected chi connectivity index (χ0v) is 13.8. The zero-order valence-electron chi connectivity index (χ0n) is 12.2. The van der Waals surface area contributed by atoms with Gasteiger partial charge in [0.25, 0.3) is 0 Å². The average molecular weight is 367 g/mol. The van der Waals surface area contributed by atoms with Crippen molar-refractivity contribution in [2.75, 3.05) is 13.2 Å². The number of hydrogen-bond donors (Lipinski definition) is 1. The predicted octanol–water partition coefficient (Wildman–Crippen LogP) is 2.64. The Bertz CT molecular complexity index is 593. The first-order valence-electron chi connectivity index (χ1n) is 7.54. The van der Waals surface area contributed by atoms with E-state index >= 15 is 0 Å². The van der Waals surface area contributed by atoms with Crippen molar-refractivity contribution >= 4 is 27.9 Å². The smallest absolute Gasteiger partial charge is 0.315 e. The lowest BCUT2D eigenvalue weighted by molar-refractivity contribution is -0.146. The lowest BCUT2D eigenvalue weighted by atomic mass is 10.1. The van der Waals surface area contributed by atoms with E-state index in [1.54, 1.807) is 4.90 Å². The van der Waals surface area contributed by atoms with Crippen molar-refractivity contribution in [3.63, 3.8) is 0 Å². The highest BCUT2D eigenvalue weighted by atomic mass is 79.9. The minimum atomic E-state index is -0.433. The molecule has 0 bridgehead atoms. The molecule has 2 aliphatic rings. The number of hydrogen-bond acceptors (Lipinski definition) is 3. The summed E-state index contributed by atoms with van der Waals surface area (Å²) in [6, 6.07) is 7.53. The predicted molar refractivity (Wildman–Crippen MR) is 85.3 cm³/mol. The molecule has 2 fully saturated rings. The van der Waals surface area contributed by atoms with Crippen LogP contribution in [0.1, 0.15) is 30.7 Å². The summed E-state index contributed by atoms with van der Waals surface area (Å²) in [5.74, 6) is 0.0276. The summed E-state index contributed by atoms with van der Waals surface area (Å²) < 4.78 is 6.43. The van der Waals surface area contributed by atoms with Crippen LogP contribution in [0.3, 0.4) is 0 Å². The van der Waals surface area contributed by atoms with E-state index in [9.17, 15) is 9.59 Å². The van der Waals surface area contributed by atoms with Gasteiger partial charge in [0.2, 0.25) is 0 Å². The third-order valence-corrected chi connectivity index (χ3v) is 4.94. The molecule has 1 saturated heterocycles. The minimum Gasteiger partial charge on any atom is -0.463 e. The van der Waals surface area contributed by atoms with Crippen LogP contribution in [0, 0.1) is 5.92 Å². The molecule has 1 aromatic carbocycles. The highest BCUT2D eigenvalue weighted by Crippen LogP contribution is 2.48. The summed E-state index contributed by atoms with van der Waals surface area (Å²) in [4.78, 5) is 25.0.